The molecule has 2 atom stereocenters. The monoisotopic (exact) mass is 425 g/mol. The number of rotatable bonds is 7. The van der Waals surface area contributed by atoms with Crippen LogP contribution in [-0.2, 0) is 0 Å². The van der Waals surface area contributed by atoms with Crippen molar-refractivity contribution in [2.24, 2.45) is 5.92 Å². The molecule has 2 aromatic rings. The van der Waals surface area contributed by atoms with Crippen molar-refractivity contribution < 1.29 is 28.6 Å². The Balaban J connectivity index is 0.00000300. The van der Waals surface area contributed by atoms with Crippen LogP contribution in [0.25, 0.3) is 0 Å². The standard InChI is InChI=1S/C19H23N3O6.ClH/c1-26-16-6-12(18(24)21-9-11-8-20-10-14(11)23)13(7-17(16)27-2)22-19(25)15-4-3-5-28-15;/h3-7,11,14,20,23H,8-10H2,1-2H3,(H,21,24)(H,22,25);1H. The van der Waals surface area contributed by atoms with E-state index in [2.05, 4.69) is 16.0 Å². The van der Waals surface area contributed by atoms with Crippen LogP contribution >= 0.6 is 12.4 Å². The van der Waals surface area contributed by atoms with E-state index in [0.717, 1.165) is 0 Å². The topological polar surface area (TPSA) is 122 Å². The molecule has 3 rings (SSSR count). The average molecular weight is 426 g/mol. The minimum Gasteiger partial charge on any atom is -0.493 e. The van der Waals surface area contributed by atoms with E-state index in [1.165, 1.54) is 38.7 Å². The van der Waals surface area contributed by atoms with Crippen LogP contribution < -0.4 is 25.4 Å². The number of amides is 2. The van der Waals surface area contributed by atoms with Crippen LogP contribution in [0.3, 0.4) is 0 Å². The first-order chi connectivity index (χ1) is 13.5. The minimum absolute atomic E-state index is 0. The molecule has 2 unspecified atom stereocenters. The van der Waals surface area contributed by atoms with Crippen LogP contribution in [0.1, 0.15) is 20.9 Å². The quantitative estimate of drug-likeness (QED) is 0.527. The zero-order valence-corrected chi connectivity index (χ0v) is 16.9. The number of methoxy groups -OCH3 is 2. The van der Waals surface area contributed by atoms with Crippen molar-refractivity contribution in [3.05, 3.63) is 41.9 Å². The summed E-state index contributed by atoms with van der Waals surface area (Å²) in [5.41, 5.74) is 0.458. The third-order valence-electron chi connectivity index (χ3n) is 4.59. The summed E-state index contributed by atoms with van der Waals surface area (Å²) in [5, 5.41) is 18.4. The Labute approximate surface area is 174 Å². The molecule has 0 bridgehead atoms. The molecule has 2 amide bonds. The molecule has 1 aromatic carbocycles. The maximum Gasteiger partial charge on any atom is 0.291 e. The number of benzene rings is 1. The van der Waals surface area contributed by atoms with Crippen LogP contribution in [0, 0.1) is 5.92 Å². The molecule has 4 N–H and O–H groups in total. The first-order valence-electron chi connectivity index (χ1n) is 8.81. The van der Waals surface area contributed by atoms with Gasteiger partial charge in [0.25, 0.3) is 11.8 Å². The number of halogens is 1. The summed E-state index contributed by atoms with van der Waals surface area (Å²) in [7, 11) is 2.92. The van der Waals surface area contributed by atoms with Crippen molar-refractivity contribution in [3.63, 3.8) is 0 Å². The molecule has 29 heavy (non-hydrogen) atoms. The normalized spacial score (nSPS) is 17.9. The van der Waals surface area contributed by atoms with E-state index < -0.39 is 17.9 Å². The second-order valence-corrected chi connectivity index (χ2v) is 6.38. The number of anilines is 1. The maximum absolute atomic E-state index is 12.8. The van der Waals surface area contributed by atoms with E-state index in [-0.39, 0.29) is 35.3 Å². The summed E-state index contributed by atoms with van der Waals surface area (Å²) in [6.45, 7) is 1.42. The Hall–Kier alpha value is -2.75. The molecule has 0 aliphatic carbocycles. The molecule has 1 aromatic heterocycles. The smallest absolute Gasteiger partial charge is 0.291 e. The second kappa shape index (κ2) is 10.1. The predicted octanol–water partition coefficient (Wildman–Crippen LogP) is 1.28. The Morgan fingerprint density at radius 1 is 1.21 bits per heavy atom. The predicted molar refractivity (Wildman–Crippen MR) is 108 cm³/mol. The van der Waals surface area contributed by atoms with E-state index >= 15 is 0 Å². The lowest BCUT2D eigenvalue weighted by Crippen LogP contribution is -2.34. The van der Waals surface area contributed by atoms with Crippen molar-refractivity contribution in [3.8, 4) is 11.5 Å². The van der Waals surface area contributed by atoms with Gasteiger partial charge in [-0.25, -0.2) is 0 Å². The van der Waals surface area contributed by atoms with E-state index in [1.807, 2.05) is 0 Å². The lowest BCUT2D eigenvalue weighted by Gasteiger charge is -2.17. The minimum atomic E-state index is -0.510. The second-order valence-electron chi connectivity index (χ2n) is 6.38. The van der Waals surface area contributed by atoms with E-state index in [1.54, 1.807) is 6.07 Å². The largest absolute Gasteiger partial charge is 0.493 e. The SMILES string of the molecule is COc1cc(NC(=O)c2ccco2)c(C(=O)NCC2CNCC2O)cc1OC.Cl. The average Bonchev–Trinajstić information content (AvgIpc) is 3.37. The maximum atomic E-state index is 12.8. The highest BCUT2D eigenvalue weighted by molar-refractivity contribution is 6.08. The van der Waals surface area contributed by atoms with Gasteiger partial charge in [-0.05, 0) is 18.2 Å². The van der Waals surface area contributed by atoms with Crippen molar-refractivity contribution in [1.29, 1.82) is 0 Å². The van der Waals surface area contributed by atoms with Gasteiger partial charge in [-0.15, -0.1) is 12.4 Å². The Morgan fingerprint density at radius 3 is 2.52 bits per heavy atom. The number of carbonyl (C=O) groups is 2. The summed E-state index contributed by atoms with van der Waals surface area (Å²) < 4.78 is 15.6. The fourth-order valence-electron chi connectivity index (χ4n) is 3.01. The lowest BCUT2D eigenvalue weighted by atomic mass is 10.1. The molecule has 0 radical (unpaired) electrons. The summed E-state index contributed by atoms with van der Waals surface area (Å²) in [4.78, 5) is 25.1. The van der Waals surface area contributed by atoms with Crippen LogP contribution in [-0.4, -0.2) is 56.9 Å². The number of carbonyl (C=O) groups excluding carboxylic acids is 2. The zero-order valence-electron chi connectivity index (χ0n) is 16.1. The molecule has 2 heterocycles. The summed E-state index contributed by atoms with van der Waals surface area (Å²) in [6.07, 6.45) is 0.877. The first kappa shape index (κ1) is 22.5. The third-order valence-corrected chi connectivity index (χ3v) is 4.59. The van der Waals surface area contributed by atoms with Gasteiger partial charge in [0.2, 0.25) is 0 Å². The van der Waals surface area contributed by atoms with Gasteiger partial charge in [0, 0.05) is 31.6 Å². The van der Waals surface area contributed by atoms with Crippen LogP contribution in [0.4, 0.5) is 5.69 Å². The van der Waals surface area contributed by atoms with E-state index in [0.29, 0.717) is 31.1 Å². The van der Waals surface area contributed by atoms with Gasteiger partial charge >= 0.3 is 0 Å². The number of hydrogen-bond donors (Lipinski definition) is 4. The molecule has 1 fully saturated rings. The molecule has 0 spiro atoms. The van der Waals surface area contributed by atoms with Crippen molar-refractivity contribution >= 4 is 29.9 Å². The van der Waals surface area contributed by atoms with Crippen molar-refractivity contribution in [2.75, 3.05) is 39.2 Å². The summed E-state index contributed by atoms with van der Waals surface area (Å²) >= 11 is 0. The van der Waals surface area contributed by atoms with E-state index in [4.69, 9.17) is 13.9 Å². The van der Waals surface area contributed by atoms with Gasteiger partial charge in [-0.2, -0.15) is 0 Å². The van der Waals surface area contributed by atoms with Gasteiger partial charge in [0.05, 0.1) is 37.8 Å². The summed E-state index contributed by atoms with van der Waals surface area (Å²) in [6, 6.07) is 6.12. The molecule has 1 aliphatic heterocycles. The zero-order chi connectivity index (χ0) is 20.1. The van der Waals surface area contributed by atoms with Crippen LogP contribution in [0.2, 0.25) is 0 Å². The molecular formula is C19H24ClN3O6. The van der Waals surface area contributed by atoms with Gasteiger partial charge in [0.1, 0.15) is 0 Å². The van der Waals surface area contributed by atoms with Gasteiger partial charge in [0.15, 0.2) is 17.3 Å². The fourth-order valence-corrected chi connectivity index (χ4v) is 3.01. The Bertz CT molecular complexity index is 843. The molecule has 158 valence electrons. The fraction of sp³-hybridized carbons (Fsp3) is 0.368. The van der Waals surface area contributed by atoms with Crippen molar-refractivity contribution in [2.45, 2.75) is 6.10 Å². The molecular weight excluding hydrogens is 402 g/mol. The van der Waals surface area contributed by atoms with E-state index in [9.17, 15) is 14.7 Å². The highest BCUT2D eigenvalue weighted by Gasteiger charge is 2.26. The van der Waals surface area contributed by atoms with Gasteiger partial charge in [-0.3, -0.25) is 9.59 Å². The van der Waals surface area contributed by atoms with Gasteiger partial charge < -0.3 is 34.9 Å². The highest BCUT2D eigenvalue weighted by Crippen LogP contribution is 2.33. The number of furan rings is 1. The molecule has 9 nitrogen and oxygen atoms in total. The molecule has 10 heteroatoms. The summed E-state index contributed by atoms with van der Waals surface area (Å²) in [5.74, 6) is -0.154. The number of ether oxygens (including phenoxy) is 2. The van der Waals surface area contributed by atoms with Crippen LogP contribution in [0.5, 0.6) is 11.5 Å². The lowest BCUT2D eigenvalue weighted by molar-refractivity contribution is 0.0927. The third kappa shape index (κ3) is 5.20. The number of hydrogen-bond acceptors (Lipinski definition) is 7. The van der Waals surface area contributed by atoms with Crippen LogP contribution in [0.15, 0.2) is 34.9 Å². The highest BCUT2D eigenvalue weighted by atomic mass is 35.5. The molecule has 0 saturated carbocycles. The number of aliphatic hydroxyl groups is 1. The number of aliphatic hydroxyl groups excluding tert-OH is 1. The van der Waals surface area contributed by atoms with Crippen molar-refractivity contribution in [1.82, 2.24) is 10.6 Å². The Kier molecular flexibility index (Phi) is 7.89. The number of β-amino-alcohol motifs (C(OH)–C–C–N with tert-alkyl or cyclic N) is 1. The molecule has 1 saturated heterocycles. The Morgan fingerprint density at radius 2 is 1.93 bits per heavy atom. The number of nitrogens with one attached hydrogen (secondary N) is 3. The first-order valence-corrected chi connectivity index (χ1v) is 8.81. The van der Waals surface area contributed by atoms with Gasteiger partial charge in [-0.1, -0.05) is 0 Å². The molecule has 1 aliphatic rings.